The monoisotopic (exact) mass is 305 g/mol. The Hall–Kier alpha value is -1.29. The molecule has 2 heterocycles. The van der Waals surface area contributed by atoms with Crippen LogP contribution < -0.4 is 0 Å². The van der Waals surface area contributed by atoms with Gasteiger partial charge >= 0.3 is 12.0 Å². The molecule has 9 heteroatoms. The van der Waals surface area contributed by atoms with Crippen molar-refractivity contribution in [2.75, 3.05) is 13.7 Å². The van der Waals surface area contributed by atoms with E-state index in [-0.39, 0.29) is 6.61 Å². The van der Waals surface area contributed by atoms with Crippen molar-refractivity contribution < 1.29 is 33.4 Å². The number of nitrogens with zero attached hydrogens (tertiary/aromatic N) is 1. The molecule has 1 unspecified atom stereocenters. The first kappa shape index (κ1) is 16.1. The van der Waals surface area contributed by atoms with Crippen molar-refractivity contribution >= 4 is 5.97 Å². The summed E-state index contributed by atoms with van der Waals surface area (Å²) < 4.78 is 27.1. The Morgan fingerprint density at radius 1 is 1.43 bits per heavy atom. The van der Waals surface area contributed by atoms with Crippen molar-refractivity contribution in [1.29, 1.82) is 0 Å². The highest BCUT2D eigenvalue weighted by Gasteiger charge is 2.53. The highest BCUT2D eigenvalue weighted by atomic mass is 16.8. The van der Waals surface area contributed by atoms with E-state index in [1.165, 1.54) is 7.11 Å². The average molecular weight is 305 g/mol. The number of methoxy groups -OCH3 is 1. The van der Waals surface area contributed by atoms with Crippen LogP contribution in [0.15, 0.2) is 0 Å². The second-order valence-electron chi connectivity index (χ2n) is 5.44. The van der Waals surface area contributed by atoms with Crippen molar-refractivity contribution in [2.24, 2.45) is 0 Å². The first-order valence-corrected chi connectivity index (χ1v) is 6.59. The Balaban J connectivity index is 2.13. The fraction of sp³-hybridized carbons (Fsp3) is 0.917. The number of carbonyl (C=O) groups is 1. The summed E-state index contributed by atoms with van der Waals surface area (Å²) in [5.41, 5.74) is 0. The first-order chi connectivity index (χ1) is 9.75. The van der Waals surface area contributed by atoms with Crippen molar-refractivity contribution in [3.8, 4) is 0 Å². The summed E-state index contributed by atoms with van der Waals surface area (Å²) in [6.07, 6.45) is -2.80. The summed E-state index contributed by atoms with van der Waals surface area (Å²) in [5, 5.41) is 10.7. The molecule has 2 aliphatic rings. The Labute approximate surface area is 121 Å². The zero-order valence-corrected chi connectivity index (χ0v) is 12.3. The number of nitro groups is 1. The van der Waals surface area contributed by atoms with E-state index < -0.39 is 47.3 Å². The largest absolute Gasteiger partial charge is 0.449 e. The van der Waals surface area contributed by atoms with Crippen LogP contribution in [-0.2, 0) is 28.5 Å². The molecule has 0 N–H and O–H groups in total. The van der Waals surface area contributed by atoms with Crippen molar-refractivity contribution in [3.05, 3.63) is 10.1 Å². The van der Waals surface area contributed by atoms with Gasteiger partial charge in [0.2, 0.25) is 0 Å². The third-order valence-electron chi connectivity index (χ3n) is 3.38. The number of ether oxygens (including phenoxy) is 5. The SMILES string of the molecule is CO[C@@H]1OC[C@H]2OC(C)(C)O[C@H]2[C@@H]1OC(=O)C(C)[N+](=O)[O-]. The molecule has 2 fully saturated rings. The minimum atomic E-state index is -1.47. The van der Waals surface area contributed by atoms with Crippen LogP contribution >= 0.6 is 0 Å². The van der Waals surface area contributed by atoms with E-state index in [2.05, 4.69) is 0 Å². The van der Waals surface area contributed by atoms with E-state index >= 15 is 0 Å². The molecule has 2 rings (SSSR count). The van der Waals surface area contributed by atoms with Crippen LogP contribution in [0.1, 0.15) is 20.8 Å². The molecule has 0 bridgehead atoms. The van der Waals surface area contributed by atoms with E-state index in [0.29, 0.717) is 0 Å². The number of hydrogen-bond donors (Lipinski definition) is 0. The van der Waals surface area contributed by atoms with Gasteiger partial charge in [0, 0.05) is 19.0 Å². The van der Waals surface area contributed by atoms with Gasteiger partial charge in [0.25, 0.3) is 0 Å². The lowest BCUT2D eigenvalue weighted by Gasteiger charge is -2.36. The molecule has 5 atom stereocenters. The molecule has 2 saturated heterocycles. The quantitative estimate of drug-likeness (QED) is 0.408. The van der Waals surface area contributed by atoms with Crippen molar-refractivity contribution in [2.45, 2.75) is 57.2 Å². The van der Waals surface area contributed by atoms with Gasteiger partial charge in [-0.15, -0.1) is 0 Å². The summed E-state index contributed by atoms with van der Waals surface area (Å²) in [6, 6.07) is -1.47. The fourth-order valence-corrected chi connectivity index (χ4v) is 2.35. The molecule has 0 saturated carbocycles. The third-order valence-corrected chi connectivity index (χ3v) is 3.38. The van der Waals surface area contributed by atoms with Crippen LogP contribution in [0.3, 0.4) is 0 Å². The van der Waals surface area contributed by atoms with Gasteiger partial charge in [-0.05, 0) is 13.8 Å². The molecule has 0 aliphatic carbocycles. The molecule has 0 amide bonds. The first-order valence-electron chi connectivity index (χ1n) is 6.59. The van der Waals surface area contributed by atoms with Gasteiger partial charge in [0.1, 0.15) is 12.2 Å². The van der Waals surface area contributed by atoms with Gasteiger partial charge in [-0.1, -0.05) is 0 Å². The number of esters is 1. The Morgan fingerprint density at radius 2 is 2.10 bits per heavy atom. The van der Waals surface area contributed by atoms with Gasteiger partial charge in [0.05, 0.1) is 6.61 Å². The summed E-state index contributed by atoms with van der Waals surface area (Å²) >= 11 is 0. The highest BCUT2D eigenvalue weighted by molar-refractivity contribution is 5.74. The molecular formula is C12H19NO8. The maximum Gasteiger partial charge on any atom is 0.381 e. The van der Waals surface area contributed by atoms with Gasteiger partial charge in [-0.3, -0.25) is 10.1 Å². The zero-order valence-electron chi connectivity index (χ0n) is 12.3. The maximum absolute atomic E-state index is 11.8. The Bertz CT molecular complexity index is 425. The molecule has 9 nitrogen and oxygen atoms in total. The van der Waals surface area contributed by atoms with E-state index in [0.717, 1.165) is 6.92 Å². The van der Waals surface area contributed by atoms with Crippen molar-refractivity contribution in [1.82, 2.24) is 0 Å². The number of carbonyl (C=O) groups excluding carboxylic acids is 1. The Morgan fingerprint density at radius 3 is 2.67 bits per heavy atom. The van der Waals surface area contributed by atoms with E-state index in [1.54, 1.807) is 13.8 Å². The summed E-state index contributed by atoms with van der Waals surface area (Å²) in [4.78, 5) is 21.7. The standard InChI is InChI=1S/C12H19NO8/c1-6(13(15)16)10(14)19-9-8-7(5-18-11(9)17-4)20-12(2,3)21-8/h6-9,11H,5H2,1-4H3/t6?,7-,8-,9+,11-/m1/s1. The van der Waals surface area contributed by atoms with Gasteiger partial charge < -0.3 is 23.7 Å². The molecule has 0 aromatic rings. The average Bonchev–Trinajstić information content (AvgIpc) is 2.72. The molecule has 120 valence electrons. The van der Waals surface area contributed by atoms with Crippen LogP contribution in [0.5, 0.6) is 0 Å². The van der Waals surface area contributed by atoms with Crippen LogP contribution in [-0.4, -0.2) is 61.0 Å². The molecule has 2 aliphatic heterocycles. The van der Waals surface area contributed by atoms with Gasteiger partial charge in [-0.25, -0.2) is 4.79 Å². The lowest BCUT2D eigenvalue weighted by atomic mass is 10.1. The second-order valence-corrected chi connectivity index (χ2v) is 5.44. The lowest BCUT2D eigenvalue weighted by Crippen LogP contribution is -2.55. The number of fused-ring (bicyclic) bond motifs is 1. The van der Waals surface area contributed by atoms with Crippen LogP contribution in [0.4, 0.5) is 0 Å². The van der Waals surface area contributed by atoms with Gasteiger partial charge in [0.15, 0.2) is 18.2 Å². The maximum atomic E-state index is 11.8. The smallest absolute Gasteiger partial charge is 0.381 e. The number of hydrogen-bond acceptors (Lipinski definition) is 8. The molecule has 0 aromatic heterocycles. The Kier molecular flexibility index (Phi) is 4.47. The second kappa shape index (κ2) is 5.84. The number of rotatable bonds is 4. The molecule has 0 aromatic carbocycles. The molecule has 21 heavy (non-hydrogen) atoms. The van der Waals surface area contributed by atoms with Crippen LogP contribution in [0.25, 0.3) is 0 Å². The molecule has 0 radical (unpaired) electrons. The summed E-state index contributed by atoms with van der Waals surface area (Å²) in [7, 11) is 1.39. The van der Waals surface area contributed by atoms with E-state index in [4.69, 9.17) is 23.7 Å². The fourth-order valence-electron chi connectivity index (χ4n) is 2.35. The zero-order chi connectivity index (χ0) is 15.8. The highest BCUT2D eigenvalue weighted by Crippen LogP contribution is 2.36. The topological polar surface area (TPSA) is 106 Å². The van der Waals surface area contributed by atoms with Crippen LogP contribution in [0, 0.1) is 10.1 Å². The van der Waals surface area contributed by atoms with E-state index in [9.17, 15) is 14.9 Å². The third kappa shape index (κ3) is 3.31. The predicted molar refractivity (Wildman–Crippen MR) is 66.9 cm³/mol. The molecular weight excluding hydrogens is 286 g/mol. The minimum Gasteiger partial charge on any atom is -0.449 e. The van der Waals surface area contributed by atoms with Crippen LogP contribution in [0.2, 0.25) is 0 Å². The minimum absolute atomic E-state index is 0.228. The summed E-state index contributed by atoms with van der Waals surface area (Å²) in [6.45, 7) is 4.84. The molecule has 0 spiro atoms. The van der Waals surface area contributed by atoms with E-state index in [1.807, 2.05) is 0 Å². The predicted octanol–water partition coefficient (Wildman–Crippen LogP) is 0.0862. The van der Waals surface area contributed by atoms with Crippen molar-refractivity contribution in [3.63, 3.8) is 0 Å². The summed E-state index contributed by atoms with van der Waals surface area (Å²) in [5.74, 6) is -1.81. The van der Waals surface area contributed by atoms with Gasteiger partial charge in [-0.2, -0.15) is 0 Å². The normalized spacial score (nSPS) is 35.8. The lowest BCUT2D eigenvalue weighted by molar-refractivity contribution is -0.507.